The van der Waals surface area contributed by atoms with Gasteiger partial charge in [-0.25, -0.2) is 0 Å². The van der Waals surface area contributed by atoms with Crippen LogP contribution in [0.15, 0.2) is 91.1 Å². The van der Waals surface area contributed by atoms with Gasteiger partial charge in [0.1, 0.15) is 0 Å². The summed E-state index contributed by atoms with van der Waals surface area (Å²) in [5, 5.41) is 2.74. The second-order valence-corrected chi connectivity index (χ2v) is 21.9. The number of fused-ring (bicyclic) bond motifs is 4. The van der Waals surface area contributed by atoms with Crippen LogP contribution in [0.25, 0.3) is 33.2 Å². The summed E-state index contributed by atoms with van der Waals surface area (Å²) in [6.45, 7) is 16.5. The van der Waals surface area contributed by atoms with Crippen LogP contribution in [0.1, 0.15) is 58.2 Å². The Morgan fingerprint density at radius 2 is 1.40 bits per heavy atom. The van der Waals surface area contributed by atoms with E-state index in [1.807, 2.05) is 0 Å². The second kappa shape index (κ2) is 9.92. The van der Waals surface area contributed by atoms with Gasteiger partial charge in [0.2, 0.25) is 0 Å². The number of rotatable bonds is 3. The summed E-state index contributed by atoms with van der Waals surface area (Å²) in [6, 6.07) is 32.5. The van der Waals surface area contributed by atoms with Crippen molar-refractivity contribution in [1.29, 1.82) is 0 Å². The molecule has 4 aromatic carbocycles. The summed E-state index contributed by atoms with van der Waals surface area (Å²) in [5.41, 5.74) is 10.3. The van der Waals surface area contributed by atoms with Crippen LogP contribution >= 0.6 is 0 Å². The van der Waals surface area contributed by atoms with Crippen molar-refractivity contribution in [1.82, 2.24) is 0 Å². The molecule has 0 bridgehead atoms. The Hall–Kier alpha value is -2.83. The van der Waals surface area contributed by atoms with E-state index in [0.29, 0.717) is 0 Å². The van der Waals surface area contributed by atoms with Crippen LogP contribution < -0.4 is 14.4 Å². The van der Waals surface area contributed by atoms with E-state index in [9.17, 15) is 0 Å². The van der Waals surface area contributed by atoms with Crippen molar-refractivity contribution in [3.8, 4) is 22.4 Å². The van der Waals surface area contributed by atoms with Gasteiger partial charge < -0.3 is 0 Å². The number of nitrogens with zero attached hydrogens (tertiary/aromatic N) is 1. The molecule has 0 aliphatic carbocycles. The molecule has 2 heteroatoms. The molecule has 1 aromatic heterocycles. The summed E-state index contributed by atoms with van der Waals surface area (Å²) in [5.74, 6) is 0. The van der Waals surface area contributed by atoms with Crippen LogP contribution in [-0.4, -0.2) is 21.8 Å². The molecule has 0 amide bonds. The zero-order valence-corrected chi connectivity index (χ0v) is 28.7. The van der Waals surface area contributed by atoms with E-state index >= 15 is 0 Å². The molecule has 1 nitrogen and oxygen atoms in total. The summed E-state index contributed by atoms with van der Waals surface area (Å²) in [4.78, 5) is 0. The first kappa shape index (κ1) is 27.3. The maximum atomic E-state index is 2.51. The van der Waals surface area contributed by atoms with Crippen molar-refractivity contribution < 1.29 is 4.57 Å². The third kappa shape index (κ3) is 4.63. The monoisotopic (exact) mass is 720 g/mol. The zero-order chi connectivity index (χ0) is 28.4. The summed E-state index contributed by atoms with van der Waals surface area (Å²) in [6.07, 6.45) is 3.44. The Balaban J connectivity index is 1.72. The van der Waals surface area contributed by atoms with Gasteiger partial charge in [-0.15, -0.1) is 0 Å². The number of hydrogen-bond donors (Lipinski definition) is 0. The molecule has 202 valence electrons. The van der Waals surface area contributed by atoms with Gasteiger partial charge in [-0.05, 0) is 0 Å². The topological polar surface area (TPSA) is 3.88 Å². The van der Waals surface area contributed by atoms with Gasteiger partial charge in [0.05, 0.1) is 0 Å². The van der Waals surface area contributed by atoms with Gasteiger partial charge in [0.15, 0.2) is 0 Å². The predicted octanol–water partition coefficient (Wildman–Crippen LogP) is 7.02. The summed E-state index contributed by atoms with van der Waals surface area (Å²) >= 11 is -2.54. The minimum atomic E-state index is -2.54. The van der Waals surface area contributed by atoms with Gasteiger partial charge in [0, 0.05) is 0 Å². The van der Waals surface area contributed by atoms with E-state index in [1.165, 1.54) is 44.3 Å². The van der Waals surface area contributed by atoms with Crippen LogP contribution in [0.4, 0.5) is 0 Å². The Kier molecular flexibility index (Phi) is 6.78. The molecule has 40 heavy (non-hydrogen) atoms. The van der Waals surface area contributed by atoms with Crippen molar-refractivity contribution >= 4 is 42.3 Å². The molecule has 0 unspecified atom stereocenters. The second-order valence-electron chi connectivity index (χ2n) is 13.6. The fraction of sp³-hybridized carbons (Fsp3) is 0.289. The van der Waals surface area contributed by atoms with Crippen molar-refractivity contribution in [2.24, 2.45) is 12.5 Å². The molecule has 0 fully saturated rings. The Morgan fingerprint density at radius 1 is 0.725 bits per heavy atom. The Labute approximate surface area is 248 Å². The number of pyridine rings is 1. The SMILES string of the molecule is Cc1c(-c2c3[c](cc[n+]2C)[Bi]([c]2ccccc2)[c]2c(CC(C)(C)C)cccc2-3)cc(C(C)(C)C)c2ccccc12. The molecule has 0 N–H and O–H groups in total. The van der Waals surface area contributed by atoms with E-state index in [0.717, 1.165) is 6.42 Å². The average molecular weight is 721 g/mol. The van der Waals surface area contributed by atoms with Gasteiger partial charge >= 0.3 is 250 Å². The van der Waals surface area contributed by atoms with Gasteiger partial charge in [-0.2, -0.15) is 0 Å². The van der Waals surface area contributed by atoms with Crippen molar-refractivity contribution in [2.45, 2.75) is 60.3 Å². The molecule has 1 aliphatic rings. The molecule has 0 saturated heterocycles. The summed E-state index contributed by atoms with van der Waals surface area (Å²) in [7, 11) is 2.24. The molecule has 0 spiro atoms. The van der Waals surface area contributed by atoms with Crippen LogP contribution in [-0.2, 0) is 18.9 Å². The molecule has 6 rings (SSSR count). The van der Waals surface area contributed by atoms with E-state index in [2.05, 4.69) is 151 Å². The molecular weight excluding hydrogens is 679 g/mol. The van der Waals surface area contributed by atoms with E-state index in [1.54, 1.807) is 15.4 Å². The molecular formula is C38H41BiN+. The van der Waals surface area contributed by atoms with Gasteiger partial charge in [-0.3, -0.25) is 0 Å². The molecule has 0 atom stereocenters. The molecule has 5 aromatic rings. The third-order valence-corrected chi connectivity index (χ3v) is 18.5. The fourth-order valence-corrected chi connectivity index (χ4v) is 17.4. The number of hydrogen-bond acceptors (Lipinski definition) is 0. The summed E-state index contributed by atoms with van der Waals surface area (Å²) < 4.78 is 7.27. The van der Waals surface area contributed by atoms with Gasteiger partial charge in [-0.1, -0.05) is 0 Å². The molecule has 0 saturated carbocycles. The third-order valence-electron chi connectivity index (χ3n) is 8.27. The normalized spacial score (nSPS) is 13.5. The first-order valence-corrected chi connectivity index (χ1v) is 19.7. The quantitative estimate of drug-likeness (QED) is 0.137. The minimum absolute atomic E-state index is 0.0434. The van der Waals surface area contributed by atoms with Crippen LogP contribution in [0.5, 0.6) is 0 Å². The maximum absolute atomic E-state index is 2.54. The molecule has 0 radical (unpaired) electrons. The average Bonchev–Trinajstić information content (AvgIpc) is 3.24. The fourth-order valence-electron chi connectivity index (χ4n) is 6.54. The number of aryl methyl sites for hydroxylation is 2. The van der Waals surface area contributed by atoms with E-state index < -0.39 is 21.8 Å². The number of benzene rings is 4. The van der Waals surface area contributed by atoms with Gasteiger partial charge in [0.25, 0.3) is 0 Å². The first-order chi connectivity index (χ1) is 19.0. The van der Waals surface area contributed by atoms with Crippen molar-refractivity contribution in [2.75, 3.05) is 0 Å². The predicted molar refractivity (Wildman–Crippen MR) is 174 cm³/mol. The van der Waals surface area contributed by atoms with E-state index in [4.69, 9.17) is 0 Å². The number of aromatic nitrogens is 1. The molecule has 1 aliphatic heterocycles. The van der Waals surface area contributed by atoms with Crippen LogP contribution in [0, 0.1) is 12.3 Å². The standard InChI is InChI=1S/C32H36N.C6H5.Bi/c1-22-25-15-9-10-16-27(25)29(32(5,6)7)20-28(22)30-26(17-12-18-33(30)8)24-14-11-13-23(19-24)21-31(2,3)4;1-2-4-6-5-3-1;/h9-16,18,20H,21H2,1-8H3;1-5H;/q+1;;. The zero-order valence-electron chi connectivity index (χ0n) is 25.3. The van der Waals surface area contributed by atoms with Crippen molar-refractivity contribution in [3.63, 3.8) is 0 Å². The van der Waals surface area contributed by atoms with Crippen molar-refractivity contribution in [3.05, 3.63) is 108 Å². The van der Waals surface area contributed by atoms with Crippen LogP contribution in [0.2, 0.25) is 0 Å². The van der Waals surface area contributed by atoms with Crippen LogP contribution in [0.3, 0.4) is 0 Å². The van der Waals surface area contributed by atoms with E-state index in [-0.39, 0.29) is 10.8 Å². The molecule has 2 heterocycles. The first-order valence-electron chi connectivity index (χ1n) is 14.5. The Morgan fingerprint density at radius 3 is 2.08 bits per heavy atom. The Bertz CT molecular complexity index is 1750.